The molecule has 11 heteroatoms. The van der Waals surface area contributed by atoms with Gasteiger partial charge < -0.3 is 14.9 Å². The van der Waals surface area contributed by atoms with Crippen molar-refractivity contribution in [2.75, 3.05) is 6.61 Å². The van der Waals surface area contributed by atoms with Crippen LogP contribution in [-0.4, -0.2) is 49.1 Å². The summed E-state index contributed by atoms with van der Waals surface area (Å²) in [6, 6.07) is 9.38. The minimum atomic E-state index is -3.77. The molecule has 4 aliphatic rings. The first-order chi connectivity index (χ1) is 17.6. The maximum atomic E-state index is 16.3. The molecule has 0 amide bonds. The highest BCUT2D eigenvalue weighted by Crippen LogP contribution is 2.80. The molecule has 196 valence electrons. The van der Waals surface area contributed by atoms with Crippen molar-refractivity contribution < 1.29 is 32.5 Å². The molecule has 3 aromatic rings. The van der Waals surface area contributed by atoms with Gasteiger partial charge in [-0.1, -0.05) is 12.1 Å². The number of nitrogens with zero attached hydrogens (tertiary/aromatic N) is 4. The van der Waals surface area contributed by atoms with Crippen LogP contribution >= 0.6 is 0 Å². The maximum Gasteiger partial charge on any atom is 0.287 e. The number of rotatable bonds is 10. The zero-order chi connectivity index (χ0) is 26.1. The first-order valence-electron chi connectivity index (χ1n) is 12.3. The number of hydrogen-bond acceptors (Lipinski definition) is 6. The second-order valence-corrected chi connectivity index (χ2v) is 10.9. The number of halogens is 4. The third kappa shape index (κ3) is 3.73. The molecule has 0 saturated heterocycles. The van der Waals surface area contributed by atoms with E-state index in [1.165, 1.54) is 0 Å². The average Bonchev–Trinajstić information content (AvgIpc) is 3.53. The van der Waals surface area contributed by atoms with Crippen LogP contribution in [0.3, 0.4) is 0 Å². The Morgan fingerprint density at radius 1 is 1.08 bits per heavy atom. The largest absolute Gasteiger partial charge is 0.491 e. The summed E-state index contributed by atoms with van der Waals surface area (Å²) < 4.78 is 67.4. The molecule has 0 radical (unpaired) electrons. The molecule has 2 aromatic carbocycles. The fraction of sp³-hybridized carbons (Fsp3) is 0.500. The molecule has 7 rings (SSSR count). The lowest BCUT2D eigenvalue weighted by Gasteiger charge is -2.74. The van der Waals surface area contributed by atoms with Crippen molar-refractivity contribution in [2.45, 2.75) is 61.7 Å². The third-order valence-corrected chi connectivity index (χ3v) is 8.43. The van der Waals surface area contributed by atoms with E-state index in [1.54, 1.807) is 12.1 Å². The highest BCUT2D eigenvalue weighted by Gasteiger charge is 2.82. The maximum absolute atomic E-state index is 16.3. The molecule has 1 aromatic heterocycles. The first kappa shape index (κ1) is 24.3. The van der Waals surface area contributed by atoms with Gasteiger partial charge in [0.1, 0.15) is 30.3 Å². The molecule has 1 heterocycles. The molecule has 0 unspecified atom stereocenters. The van der Waals surface area contributed by atoms with E-state index >= 15 is 8.78 Å². The Bertz CT molecular complexity index is 1280. The summed E-state index contributed by atoms with van der Waals surface area (Å²) in [5, 5.41) is 31.8. The molecule has 0 aliphatic heterocycles. The lowest BCUT2D eigenvalue weighted by Crippen LogP contribution is -2.76. The molecule has 4 aliphatic carbocycles. The van der Waals surface area contributed by atoms with E-state index in [1.807, 2.05) is 12.1 Å². The summed E-state index contributed by atoms with van der Waals surface area (Å²) in [4.78, 5) is 0. The zero-order valence-corrected chi connectivity index (χ0v) is 19.8. The number of ether oxygens (including phenoxy) is 1. The van der Waals surface area contributed by atoms with Gasteiger partial charge in [0, 0.05) is 17.0 Å². The van der Waals surface area contributed by atoms with E-state index in [0.29, 0.717) is 17.7 Å². The number of aliphatic hydroxyl groups is 2. The fourth-order valence-electron chi connectivity index (χ4n) is 6.23. The number of alkyl halides is 2. The van der Waals surface area contributed by atoms with Gasteiger partial charge in [0.15, 0.2) is 5.60 Å². The van der Waals surface area contributed by atoms with Crippen molar-refractivity contribution in [1.29, 1.82) is 0 Å². The van der Waals surface area contributed by atoms with E-state index in [4.69, 9.17) is 4.74 Å². The Kier molecular flexibility index (Phi) is 5.40. The van der Waals surface area contributed by atoms with Gasteiger partial charge in [-0.25, -0.2) is 22.2 Å². The minimum absolute atomic E-state index is 0.105. The summed E-state index contributed by atoms with van der Waals surface area (Å²) in [7, 11) is 0. The van der Waals surface area contributed by atoms with Crippen molar-refractivity contribution in [3.63, 3.8) is 0 Å². The van der Waals surface area contributed by atoms with E-state index in [9.17, 15) is 19.0 Å². The summed E-state index contributed by atoms with van der Waals surface area (Å²) in [5.41, 5.74) is -4.85. The van der Waals surface area contributed by atoms with Gasteiger partial charge in [0.2, 0.25) is 0 Å². The quantitative estimate of drug-likeness (QED) is 0.397. The van der Waals surface area contributed by atoms with E-state index in [0.717, 1.165) is 41.5 Å². The molecule has 2 atom stereocenters. The van der Waals surface area contributed by atoms with Crippen LogP contribution in [0.4, 0.5) is 17.6 Å². The van der Waals surface area contributed by atoms with Gasteiger partial charge in [-0.2, -0.15) is 0 Å². The number of aromatic nitrogens is 4. The topological polar surface area (TPSA) is 93.3 Å². The monoisotopic (exact) mass is 518 g/mol. The molecule has 37 heavy (non-hydrogen) atoms. The molecule has 0 spiro atoms. The second kappa shape index (κ2) is 8.22. The summed E-state index contributed by atoms with van der Waals surface area (Å²) in [6.07, 6.45) is 2.90. The minimum Gasteiger partial charge on any atom is -0.491 e. The summed E-state index contributed by atoms with van der Waals surface area (Å²) in [5.74, 6) is -5.07. The van der Waals surface area contributed by atoms with Gasteiger partial charge >= 0.3 is 0 Å². The van der Waals surface area contributed by atoms with Crippen LogP contribution < -0.4 is 4.74 Å². The predicted octanol–water partition coefficient (Wildman–Crippen LogP) is 3.75. The van der Waals surface area contributed by atoms with E-state index in [2.05, 4.69) is 15.5 Å². The van der Waals surface area contributed by atoms with Crippen LogP contribution in [-0.2, 0) is 17.6 Å². The van der Waals surface area contributed by atoms with Gasteiger partial charge in [0.25, 0.3) is 5.92 Å². The molecule has 4 saturated carbocycles. The molecular formula is C26H26F4N4O3. The highest BCUT2D eigenvalue weighted by molar-refractivity contribution is 5.44. The fourth-order valence-corrected chi connectivity index (χ4v) is 6.23. The zero-order valence-electron chi connectivity index (χ0n) is 19.8. The van der Waals surface area contributed by atoms with E-state index in [-0.39, 0.29) is 25.9 Å². The van der Waals surface area contributed by atoms with Gasteiger partial charge in [-0.3, -0.25) is 0 Å². The standard InChI is InChI=1S/C26H26F4N4O3/c27-18-5-8-20(21(28)9-18)25(36,14-34-15-31-32-33-34)26(29,30)24-11-23(12-24,13-24)17-3-6-19(7-4-17)37-10-22(35)16-1-2-16/h3-9,15-16,22,35-36H,1-2,10-14H2/t22-,23?,24?,25-/m0/s1. The van der Waals surface area contributed by atoms with Crippen LogP contribution in [0.15, 0.2) is 48.8 Å². The smallest absolute Gasteiger partial charge is 0.287 e. The Hall–Kier alpha value is -3.05. The Morgan fingerprint density at radius 2 is 1.78 bits per heavy atom. The first-order valence-corrected chi connectivity index (χ1v) is 12.3. The Morgan fingerprint density at radius 3 is 2.38 bits per heavy atom. The average molecular weight is 519 g/mol. The molecular weight excluding hydrogens is 492 g/mol. The van der Waals surface area contributed by atoms with Crippen LogP contribution in [0, 0.1) is 23.0 Å². The molecule has 2 bridgehead atoms. The number of aliphatic hydroxyl groups excluding tert-OH is 1. The van der Waals surface area contributed by atoms with Crippen LogP contribution in [0.1, 0.15) is 43.2 Å². The summed E-state index contributed by atoms with van der Waals surface area (Å²) in [6.45, 7) is -0.590. The normalized spacial score (nSPS) is 27.1. The Balaban J connectivity index is 1.21. The predicted molar refractivity (Wildman–Crippen MR) is 122 cm³/mol. The van der Waals surface area contributed by atoms with Crippen molar-refractivity contribution >= 4 is 0 Å². The number of benzene rings is 2. The Labute approximate surface area is 210 Å². The lowest BCUT2D eigenvalue weighted by molar-refractivity contribution is -0.347. The highest BCUT2D eigenvalue weighted by atomic mass is 19.3. The number of hydrogen-bond donors (Lipinski definition) is 2. The van der Waals surface area contributed by atoms with Crippen molar-refractivity contribution in [2.24, 2.45) is 11.3 Å². The van der Waals surface area contributed by atoms with Crippen molar-refractivity contribution in [1.82, 2.24) is 20.2 Å². The van der Waals surface area contributed by atoms with Crippen LogP contribution in [0.5, 0.6) is 5.75 Å². The molecule has 2 N–H and O–H groups in total. The van der Waals surface area contributed by atoms with Gasteiger partial charge in [-0.05, 0) is 83.7 Å². The summed E-state index contributed by atoms with van der Waals surface area (Å²) >= 11 is 0. The van der Waals surface area contributed by atoms with Gasteiger partial charge in [0.05, 0.1) is 12.6 Å². The third-order valence-electron chi connectivity index (χ3n) is 8.43. The molecule has 4 fully saturated rings. The van der Waals surface area contributed by atoms with Crippen molar-refractivity contribution in [3.05, 3.63) is 71.6 Å². The SMILES string of the molecule is O[C@@H](COc1ccc(C23CC(C(F)(F)[C@](O)(Cn4cnnn4)c4ccc(F)cc4F)(C2)C3)cc1)C1CC1. The van der Waals surface area contributed by atoms with Crippen LogP contribution in [0.25, 0.3) is 0 Å². The second-order valence-electron chi connectivity index (χ2n) is 10.9. The van der Waals surface area contributed by atoms with E-state index < -0.39 is 52.2 Å². The van der Waals surface area contributed by atoms with Crippen molar-refractivity contribution in [3.8, 4) is 5.75 Å². The molecule has 7 nitrogen and oxygen atoms in total. The number of tetrazole rings is 1. The van der Waals surface area contributed by atoms with Gasteiger partial charge in [-0.15, -0.1) is 5.10 Å². The van der Waals surface area contributed by atoms with Crippen LogP contribution in [0.2, 0.25) is 0 Å². The lowest BCUT2D eigenvalue weighted by atomic mass is 9.30.